The lowest BCUT2D eigenvalue weighted by molar-refractivity contribution is 0.0529. The first-order valence-electron chi connectivity index (χ1n) is 7.18. The van der Waals surface area contributed by atoms with Crippen LogP contribution in [0.2, 0.25) is 5.02 Å². The van der Waals surface area contributed by atoms with Crippen LogP contribution < -0.4 is 0 Å². The zero-order chi connectivity index (χ0) is 16.4. The molecule has 2 aromatic heterocycles. The van der Waals surface area contributed by atoms with E-state index in [9.17, 15) is 9.59 Å². The second-order valence-electron chi connectivity index (χ2n) is 4.94. The number of aromatic nitrogens is 1. The lowest BCUT2D eigenvalue weighted by Crippen LogP contribution is -2.05. The average Bonchev–Trinajstić information content (AvgIpc) is 2.90. The number of pyridine rings is 1. The van der Waals surface area contributed by atoms with E-state index in [1.54, 1.807) is 53.9 Å². The Bertz CT molecular complexity index is 881. The molecule has 0 aliphatic heterocycles. The maximum atomic E-state index is 12.5. The Morgan fingerprint density at radius 1 is 1.22 bits per heavy atom. The molecule has 0 fully saturated rings. The van der Waals surface area contributed by atoms with Gasteiger partial charge in [-0.15, -0.1) is 0 Å². The first kappa shape index (κ1) is 15.3. The SMILES string of the molecule is CCOC(=O)c1c(-c2ccc(Cl)cc2)c(C=O)n2ccccc12. The standard InChI is InChI=1S/C18H14ClNO3/c1-2-23-18(22)17-14-5-3-4-10-20(14)15(11-21)16(17)12-6-8-13(19)9-7-12/h3-11H,2H2,1H3. The second kappa shape index (κ2) is 6.26. The molecule has 23 heavy (non-hydrogen) atoms. The lowest BCUT2D eigenvalue weighted by atomic mass is 10.0. The highest BCUT2D eigenvalue weighted by atomic mass is 35.5. The number of benzene rings is 1. The second-order valence-corrected chi connectivity index (χ2v) is 5.37. The first-order chi connectivity index (χ1) is 11.2. The highest BCUT2D eigenvalue weighted by Gasteiger charge is 2.24. The molecule has 0 radical (unpaired) electrons. The van der Waals surface area contributed by atoms with E-state index in [4.69, 9.17) is 16.3 Å². The number of rotatable bonds is 4. The molecule has 0 amide bonds. The van der Waals surface area contributed by atoms with E-state index in [1.165, 1.54) is 0 Å². The molecule has 0 spiro atoms. The van der Waals surface area contributed by atoms with Crippen molar-refractivity contribution in [3.05, 3.63) is 64.9 Å². The molecular formula is C18H14ClNO3. The molecule has 1 aromatic carbocycles. The first-order valence-corrected chi connectivity index (χ1v) is 7.56. The molecule has 2 heterocycles. The topological polar surface area (TPSA) is 47.8 Å². The third-order valence-corrected chi connectivity index (χ3v) is 3.86. The van der Waals surface area contributed by atoms with Gasteiger partial charge in [0.1, 0.15) is 0 Å². The fraction of sp³-hybridized carbons (Fsp3) is 0.111. The Balaban J connectivity index is 2.37. The van der Waals surface area contributed by atoms with Crippen LogP contribution in [0.5, 0.6) is 0 Å². The minimum absolute atomic E-state index is 0.263. The van der Waals surface area contributed by atoms with Crippen LogP contribution in [0.15, 0.2) is 48.7 Å². The number of aldehydes is 1. The predicted molar refractivity (Wildman–Crippen MR) is 89.2 cm³/mol. The number of esters is 1. The molecule has 3 aromatic rings. The van der Waals surface area contributed by atoms with Gasteiger partial charge in [-0.3, -0.25) is 4.79 Å². The molecule has 3 rings (SSSR count). The molecular weight excluding hydrogens is 314 g/mol. The van der Waals surface area contributed by atoms with Gasteiger partial charge in [-0.25, -0.2) is 4.79 Å². The van der Waals surface area contributed by atoms with E-state index < -0.39 is 5.97 Å². The van der Waals surface area contributed by atoms with E-state index >= 15 is 0 Å². The Morgan fingerprint density at radius 3 is 2.61 bits per heavy atom. The van der Waals surface area contributed by atoms with Crippen LogP contribution in [0.25, 0.3) is 16.6 Å². The fourth-order valence-electron chi connectivity index (χ4n) is 2.67. The van der Waals surface area contributed by atoms with Gasteiger partial charge >= 0.3 is 5.97 Å². The summed E-state index contributed by atoms with van der Waals surface area (Å²) in [4.78, 5) is 24.1. The van der Waals surface area contributed by atoms with Crippen LogP contribution in [0.1, 0.15) is 27.8 Å². The van der Waals surface area contributed by atoms with Crippen molar-refractivity contribution in [3.63, 3.8) is 0 Å². The third-order valence-electron chi connectivity index (χ3n) is 3.61. The maximum Gasteiger partial charge on any atom is 0.340 e. The number of fused-ring (bicyclic) bond motifs is 1. The predicted octanol–water partition coefficient (Wildman–Crippen LogP) is 4.25. The average molecular weight is 328 g/mol. The molecule has 0 bridgehead atoms. The Morgan fingerprint density at radius 2 is 1.96 bits per heavy atom. The van der Waals surface area contributed by atoms with Crippen LogP contribution in [-0.2, 0) is 4.74 Å². The Labute approximate surface area is 138 Å². The van der Waals surface area contributed by atoms with Crippen molar-refractivity contribution in [3.8, 4) is 11.1 Å². The van der Waals surface area contributed by atoms with Crippen LogP contribution in [-0.4, -0.2) is 23.3 Å². The zero-order valence-electron chi connectivity index (χ0n) is 12.5. The van der Waals surface area contributed by atoms with Gasteiger partial charge in [-0.1, -0.05) is 29.8 Å². The molecule has 0 saturated heterocycles. The summed E-state index contributed by atoms with van der Waals surface area (Å²) >= 11 is 5.94. The largest absolute Gasteiger partial charge is 0.462 e. The number of hydrogen-bond donors (Lipinski definition) is 0. The fourth-order valence-corrected chi connectivity index (χ4v) is 2.79. The summed E-state index contributed by atoms with van der Waals surface area (Å²) in [6, 6.07) is 12.4. The molecule has 0 atom stereocenters. The van der Waals surface area contributed by atoms with E-state index in [2.05, 4.69) is 0 Å². The molecule has 0 unspecified atom stereocenters. The normalized spacial score (nSPS) is 10.7. The number of ether oxygens (including phenoxy) is 1. The summed E-state index contributed by atoms with van der Waals surface area (Å²) in [7, 11) is 0. The van der Waals surface area contributed by atoms with Gasteiger partial charge in [-0.2, -0.15) is 0 Å². The van der Waals surface area contributed by atoms with Crippen molar-refractivity contribution >= 4 is 29.4 Å². The van der Waals surface area contributed by atoms with E-state index in [0.717, 1.165) is 11.8 Å². The van der Waals surface area contributed by atoms with Crippen molar-refractivity contribution in [2.24, 2.45) is 0 Å². The van der Waals surface area contributed by atoms with Gasteiger partial charge in [0.25, 0.3) is 0 Å². The molecule has 4 nitrogen and oxygen atoms in total. The number of hydrogen-bond acceptors (Lipinski definition) is 3. The summed E-state index contributed by atoms with van der Waals surface area (Å²) in [5, 5.41) is 0.586. The van der Waals surface area contributed by atoms with Gasteiger partial charge in [0.15, 0.2) is 6.29 Å². The van der Waals surface area contributed by atoms with Crippen molar-refractivity contribution in [1.82, 2.24) is 4.40 Å². The van der Waals surface area contributed by atoms with Crippen LogP contribution in [0, 0.1) is 0 Å². The van der Waals surface area contributed by atoms with Gasteiger partial charge in [-0.05, 0) is 36.8 Å². The summed E-state index contributed by atoms with van der Waals surface area (Å²) in [6.45, 7) is 2.01. The summed E-state index contributed by atoms with van der Waals surface area (Å²) in [6.07, 6.45) is 2.50. The molecule has 0 aliphatic carbocycles. The van der Waals surface area contributed by atoms with Crippen molar-refractivity contribution in [2.75, 3.05) is 6.61 Å². The minimum Gasteiger partial charge on any atom is -0.462 e. The molecule has 0 N–H and O–H groups in total. The molecule has 0 aliphatic rings. The third kappa shape index (κ3) is 2.62. The van der Waals surface area contributed by atoms with E-state index in [-0.39, 0.29) is 6.61 Å². The number of halogens is 1. The number of carbonyl (C=O) groups excluding carboxylic acids is 2. The van der Waals surface area contributed by atoms with Gasteiger partial charge in [0.2, 0.25) is 0 Å². The van der Waals surface area contributed by atoms with Crippen LogP contribution in [0.4, 0.5) is 0 Å². The van der Waals surface area contributed by atoms with Crippen LogP contribution >= 0.6 is 11.6 Å². The number of carbonyl (C=O) groups is 2. The maximum absolute atomic E-state index is 12.5. The van der Waals surface area contributed by atoms with Gasteiger partial charge in [0.05, 0.1) is 23.4 Å². The lowest BCUT2D eigenvalue weighted by Gasteiger charge is -2.06. The minimum atomic E-state index is -0.450. The quantitative estimate of drug-likeness (QED) is 0.531. The summed E-state index contributed by atoms with van der Waals surface area (Å²) < 4.78 is 6.88. The number of nitrogens with zero attached hydrogens (tertiary/aromatic N) is 1. The van der Waals surface area contributed by atoms with Crippen molar-refractivity contribution in [1.29, 1.82) is 0 Å². The monoisotopic (exact) mass is 327 g/mol. The van der Waals surface area contributed by atoms with Gasteiger partial charge < -0.3 is 9.14 Å². The Hall–Kier alpha value is -2.59. The van der Waals surface area contributed by atoms with E-state index in [1.807, 2.05) is 6.07 Å². The van der Waals surface area contributed by atoms with Crippen molar-refractivity contribution in [2.45, 2.75) is 6.92 Å². The van der Waals surface area contributed by atoms with E-state index in [0.29, 0.717) is 27.4 Å². The van der Waals surface area contributed by atoms with Crippen molar-refractivity contribution < 1.29 is 14.3 Å². The molecule has 5 heteroatoms. The molecule has 116 valence electrons. The molecule has 0 saturated carbocycles. The van der Waals surface area contributed by atoms with Crippen LogP contribution in [0.3, 0.4) is 0 Å². The highest BCUT2D eigenvalue weighted by Crippen LogP contribution is 2.33. The summed E-state index contributed by atoms with van der Waals surface area (Å²) in [5.41, 5.74) is 2.73. The highest BCUT2D eigenvalue weighted by molar-refractivity contribution is 6.30. The smallest absolute Gasteiger partial charge is 0.340 e. The van der Waals surface area contributed by atoms with Gasteiger partial charge in [0, 0.05) is 16.8 Å². The Kier molecular flexibility index (Phi) is 4.17. The zero-order valence-corrected chi connectivity index (χ0v) is 13.2. The summed E-state index contributed by atoms with van der Waals surface area (Å²) in [5.74, 6) is -0.450.